The second kappa shape index (κ2) is 5.33. The summed E-state index contributed by atoms with van der Waals surface area (Å²) >= 11 is 1.88. The maximum Gasteiger partial charge on any atom is 0.0412 e. The molecule has 1 atom stereocenters. The van der Waals surface area contributed by atoms with Crippen molar-refractivity contribution in [1.82, 2.24) is 5.32 Å². The van der Waals surface area contributed by atoms with Crippen LogP contribution in [-0.2, 0) is 0 Å². The average Bonchev–Trinajstić information content (AvgIpc) is 2.84. The van der Waals surface area contributed by atoms with Gasteiger partial charge in [-0.05, 0) is 42.5 Å². The second-order valence-electron chi connectivity index (χ2n) is 5.11. The van der Waals surface area contributed by atoms with E-state index in [2.05, 4.69) is 36.7 Å². The molecule has 1 unspecified atom stereocenters. The summed E-state index contributed by atoms with van der Waals surface area (Å²) < 4.78 is 0. The van der Waals surface area contributed by atoms with Crippen LogP contribution in [0, 0.1) is 5.41 Å². The quantitative estimate of drug-likeness (QED) is 0.742. The fourth-order valence-electron chi connectivity index (χ4n) is 2.50. The summed E-state index contributed by atoms with van der Waals surface area (Å²) in [6.45, 7) is 5.80. The Morgan fingerprint density at radius 1 is 1.44 bits per heavy atom. The van der Waals surface area contributed by atoms with Gasteiger partial charge in [0, 0.05) is 17.5 Å². The minimum atomic E-state index is 0.578. The van der Waals surface area contributed by atoms with E-state index in [-0.39, 0.29) is 0 Å². The lowest BCUT2D eigenvalue weighted by Crippen LogP contribution is -2.27. The van der Waals surface area contributed by atoms with Crippen molar-refractivity contribution in [2.75, 3.05) is 6.54 Å². The Balaban J connectivity index is 1.84. The van der Waals surface area contributed by atoms with Crippen molar-refractivity contribution in [1.29, 1.82) is 0 Å². The zero-order chi connectivity index (χ0) is 11.4. The third-order valence-electron chi connectivity index (χ3n) is 3.76. The maximum atomic E-state index is 3.77. The minimum Gasteiger partial charge on any atom is -0.309 e. The summed E-state index contributed by atoms with van der Waals surface area (Å²) in [5.41, 5.74) is 0.666. The van der Waals surface area contributed by atoms with E-state index in [4.69, 9.17) is 0 Å². The topological polar surface area (TPSA) is 12.0 Å². The molecule has 0 aromatic carbocycles. The lowest BCUT2D eigenvalue weighted by molar-refractivity contribution is 0.386. The van der Waals surface area contributed by atoms with Gasteiger partial charge in [-0.1, -0.05) is 26.3 Å². The van der Waals surface area contributed by atoms with Crippen molar-refractivity contribution in [3.05, 3.63) is 22.4 Å². The lowest BCUT2D eigenvalue weighted by Gasteiger charge is -2.20. The third kappa shape index (κ3) is 2.86. The number of hydrogen-bond acceptors (Lipinski definition) is 2. The summed E-state index contributed by atoms with van der Waals surface area (Å²) in [5.74, 6) is 0. The zero-order valence-corrected chi connectivity index (χ0v) is 11.3. The van der Waals surface area contributed by atoms with E-state index in [0.717, 1.165) is 0 Å². The van der Waals surface area contributed by atoms with Gasteiger partial charge in [0.15, 0.2) is 0 Å². The van der Waals surface area contributed by atoms with Crippen molar-refractivity contribution in [3.8, 4) is 0 Å². The first-order valence-corrected chi connectivity index (χ1v) is 7.44. The molecule has 1 N–H and O–H groups in total. The molecule has 1 heterocycles. The summed E-state index contributed by atoms with van der Waals surface area (Å²) in [5, 5.41) is 5.95. The van der Waals surface area contributed by atoms with Gasteiger partial charge in [0.25, 0.3) is 0 Å². The van der Waals surface area contributed by atoms with E-state index in [1.165, 1.54) is 43.5 Å². The lowest BCUT2D eigenvalue weighted by atomic mass is 10.00. The van der Waals surface area contributed by atoms with E-state index in [0.29, 0.717) is 11.5 Å². The molecule has 16 heavy (non-hydrogen) atoms. The first kappa shape index (κ1) is 12.1. The molecule has 0 aliphatic heterocycles. The van der Waals surface area contributed by atoms with Crippen LogP contribution in [0.3, 0.4) is 0 Å². The summed E-state index contributed by atoms with van der Waals surface area (Å²) in [7, 11) is 0. The van der Waals surface area contributed by atoms with Crippen LogP contribution < -0.4 is 5.32 Å². The Morgan fingerprint density at radius 3 is 2.75 bits per heavy atom. The Kier molecular flexibility index (Phi) is 4.04. The zero-order valence-electron chi connectivity index (χ0n) is 10.5. The first-order chi connectivity index (χ1) is 7.79. The molecule has 1 aliphatic rings. The SMILES string of the molecule is CCCC1(CNC(CC)c2cccs2)CC1. The van der Waals surface area contributed by atoms with Crippen molar-refractivity contribution >= 4 is 11.3 Å². The van der Waals surface area contributed by atoms with Crippen molar-refractivity contribution in [2.45, 2.75) is 52.0 Å². The van der Waals surface area contributed by atoms with Gasteiger partial charge in [-0.25, -0.2) is 0 Å². The monoisotopic (exact) mass is 237 g/mol. The molecule has 0 spiro atoms. The Morgan fingerprint density at radius 2 is 2.25 bits per heavy atom. The molecular weight excluding hydrogens is 214 g/mol. The van der Waals surface area contributed by atoms with Gasteiger partial charge in [0.2, 0.25) is 0 Å². The first-order valence-electron chi connectivity index (χ1n) is 6.56. The fourth-order valence-corrected chi connectivity index (χ4v) is 3.38. The molecule has 0 bridgehead atoms. The van der Waals surface area contributed by atoms with Crippen LogP contribution in [0.4, 0.5) is 0 Å². The molecule has 1 aliphatic carbocycles. The average molecular weight is 237 g/mol. The molecule has 1 fully saturated rings. The van der Waals surface area contributed by atoms with Gasteiger partial charge in [0.1, 0.15) is 0 Å². The highest BCUT2D eigenvalue weighted by molar-refractivity contribution is 7.10. The van der Waals surface area contributed by atoms with Crippen LogP contribution in [-0.4, -0.2) is 6.54 Å². The van der Waals surface area contributed by atoms with E-state index in [1.54, 1.807) is 0 Å². The normalized spacial score (nSPS) is 19.6. The minimum absolute atomic E-state index is 0.578. The standard InChI is InChI=1S/C14H23NS/c1-3-7-14(8-9-14)11-15-12(4-2)13-6-5-10-16-13/h5-6,10,12,15H,3-4,7-9,11H2,1-2H3. The Bertz CT molecular complexity index is 301. The van der Waals surface area contributed by atoms with E-state index in [1.807, 2.05) is 11.3 Å². The molecular formula is C14H23NS. The highest BCUT2D eigenvalue weighted by Crippen LogP contribution is 2.49. The summed E-state index contributed by atoms with van der Waals surface area (Å²) in [6, 6.07) is 4.99. The fraction of sp³-hybridized carbons (Fsp3) is 0.714. The molecule has 90 valence electrons. The van der Waals surface area contributed by atoms with Gasteiger partial charge < -0.3 is 5.32 Å². The van der Waals surface area contributed by atoms with Crippen LogP contribution in [0.15, 0.2) is 17.5 Å². The van der Waals surface area contributed by atoms with Gasteiger partial charge in [-0.2, -0.15) is 0 Å². The molecule has 1 nitrogen and oxygen atoms in total. The number of thiophene rings is 1. The van der Waals surface area contributed by atoms with Gasteiger partial charge >= 0.3 is 0 Å². The maximum absolute atomic E-state index is 3.77. The van der Waals surface area contributed by atoms with E-state index >= 15 is 0 Å². The molecule has 0 amide bonds. The smallest absolute Gasteiger partial charge is 0.0412 e. The number of hydrogen-bond donors (Lipinski definition) is 1. The number of rotatable bonds is 7. The molecule has 1 aromatic heterocycles. The van der Waals surface area contributed by atoms with Crippen LogP contribution in [0.25, 0.3) is 0 Å². The molecule has 0 radical (unpaired) electrons. The summed E-state index contributed by atoms with van der Waals surface area (Å²) in [4.78, 5) is 1.50. The largest absolute Gasteiger partial charge is 0.309 e. The van der Waals surface area contributed by atoms with Crippen LogP contribution >= 0.6 is 11.3 Å². The molecule has 2 rings (SSSR count). The second-order valence-corrected chi connectivity index (χ2v) is 6.09. The van der Waals surface area contributed by atoms with Crippen LogP contribution in [0.1, 0.15) is 56.9 Å². The predicted molar refractivity (Wildman–Crippen MR) is 71.9 cm³/mol. The highest BCUT2D eigenvalue weighted by Gasteiger charge is 2.41. The van der Waals surface area contributed by atoms with Gasteiger partial charge in [-0.15, -0.1) is 11.3 Å². The van der Waals surface area contributed by atoms with Crippen molar-refractivity contribution in [2.24, 2.45) is 5.41 Å². The van der Waals surface area contributed by atoms with Crippen LogP contribution in [0.2, 0.25) is 0 Å². The summed E-state index contributed by atoms with van der Waals surface area (Å²) in [6.07, 6.45) is 6.81. The van der Waals surface area contributed by atoms with Gasteiger partial charge in [-0.3, -0.25) is 0 Å². The highest BCUT2D eigenvalue weighted by atomic mass is 32.1. The number of nitrogens with one attached hydrogen (secondary N) is 1. The Labute approximate surface area is 103 Å². The third-order valence-corrected chi connectivity index (χ3v) is 4.74. The molecule has 1 aromatic rings. The Hall–Kier alpha value is -0.340. The van der Waals surface area contributed by atoms with Gasteiger partial charge in [0.05, 0.1) is 0 Å². The molecule has 1 saturated carbocycles. The molecule has 0 saturated heterocycles. The van der Waals surface area contributed by atoms with Crippen molar-refractivity contribution in [3.63, 3.8) is 0 Å². The van der Waals surface area contributed by atoms with Crippen LogP contribution in [0.5, 0.6) is 0 Å². The van der Waals surface area contributed by atoms with Crippen molar-refractivity contribution < 1.29 is 0 Å². The van der Waals surface area contributed by atoms with E-state index < -0.39 is 0 Å². The van der Waals surface area contributed by atoms with E-state index in [9.17, 15) is 0 Å². The predicted octanol–water partition coefficient (Wildman–Crippen LogP) is 4.37. The molecule has 2 heteroatoms.